The molecule has 0 aliphatic carbocycles. The van der Waals surface area contributed by atoms with Gasteiger partial charge in [-0.3, -0.25) is 9.69 Å². The van der Waals surface area contributed by atoms with Crippen molar-refractivity contribution in [1.29, 1.82) is 0 Å². The fraction of sp³-hybridized carbons (Fsp3) is 0.286. The van der Waals surface area contributed by atoms with Crippen molar-refractivity contribution in [3.05, 3.63) is 46.7 Å². The number of benzene rings is 2. The minimum Gasteiger partial charge on any atom is -0.495 e. The van der Waals surface area contributed by atoms with Crippen LogP contribution in [0.3, 0.4) is 0 Å². The van der Waals surface area contributed by atoms with E-state index in [-0.39, 0.29) is 18.2 Å². The molecule has 0 spiro atoms. The van der Waals surface area contributed by atoms with Crippen molar-refractivity contribution in [1.82, 2.24) is 14.9 Å². The summed E-state index contributed by atoms with van der Waals surface area (Å²) in [5.41, 5.74) is 1.79. The summed E-state index contributed by atoms with van der Waals surface area (Å²) < 4.78 is 49.5. The third-order valence-corrected chi connectivity index (χ3v) is 5.31. The number of aromatic nitrogens is 2. The maximum absolute atomic E-state index is 12.9. The Bertz CT molecular complexity index is 1220. The number of nitrogens with zero attached hydrogens (tertiary/aromatic N) is 3. The van der Waals surface area contributed by atoms with E-state index in [1.54, 1.807) is 19.2 Å². The lowest BCUT2D eigenvalue weighted by Crippen LogP contribution is -2.32. The van der Waals surface area contributed by atoms with Crippen LogP contribution in [0.5, 0.6) is 11.5 Å². The van der Waals surface area contributed by atoms with E-state index in [0.717, 1.165) is 5.56 Å². The van der Waals surface area contributed by atoms with Crippen LogP contribution in [0.4, 0.5) is 24.7 Å². The molecular weight excluding hydrogens is 463 g/mol. The Morgan fingerprint density at radius 2 is 2.09 bits per heavy atom. The van der Waals surface area contributed by atoms with Gasteiger partial charge in [0.15, 0.2) is 5.75 Å². The van der Waals surface area contributed by atoms with Gasteiger partial charge < -0.3 is 20.1 Å². The number of carbonyl (C=O) groups excluding carboxylic acids is 1. The molecule has 0 saturated heterocycles. The summed E-state index contributed by atoms with van der Waals surface area (Å²) >= 11 is 6.18. The van der Waals surface area contributed by atoms with Gasteiger partial charge in [-0.25, -0.2) is 9.97 Å². The van der Waals surface area contributed by atoms with Crippen molar-refractivity contribution < 1.29 is 27.4 Å². The molecule has 0 saturated carbocycles. The van der Waals surface area contributed by atoms with Crippen molar-refractivity contribution in [3.8, 4) is 11.5 Å². The minimum absolute atomic E-state index is 0.0988. The van der Waals surface area contributed by atoms with Crippen LogP contribution in [-0.2, 0) is 17.9 Å². The van der Waals surface area contributed by atoms with E-state index in [2.05, 4.69) is 15.3 Å². The Labute approximate surface area is 191 Å². The zero-order valence-corrected chi connectivity index (χ0v) is 18.3. The normalized spacial score (nSPS) is 13.9. The Morgan fingerprint density at radius 1 is 1.30 bits per heavy atom. The topological polar surface area (TPSA) is 88.6 Å². The number of hydrogen-bond donors (Lipinski definition) is 2. The predicted molar refractivity (Wildman–Crippen MR) is 117 cm³/mol. The third-order valence-electron chi connectivity index (χ3n) is 5.02. The van der Waals surface area contributed by atoms with E-state index in [1.165, 1.54) is 19.5 Å². The number of nitrogens with one attached hydrogen (secondary N) is 2. The van der Waals surface area contributed by atoms with Gasteiger partial charge in [0.05, 0.1) is 23.3 Å². The van der Waals surface area contributed by atoms with E-state index < -0.39 is 12.1 Å². The van der Waals surface area contributed by atoms with Crippen LogP contribution in [0.2, 0.25) is 5.02 Å². The lowest BCUT2D eigenvalue weighted by molar-refractivity contribution is -0.167. The van der Waals surface area contributed by atoms with Crippen LogP contribution >= 0.6 is 11.6 Å². The first-order chi connectivity index (χ1) is 15.7. The lowest BCUT2D eigenvalue weighted by Gasteiger charge is -2.28. The van der Waals surface area contributed by atoms with Gasteiger partial charge >= 0.3 is 12.1 Å². The number of anilines is 2. The van der Waals surface area contributed by atoms with E-state index in [4.69, 9.17) is 21.1 Å². The molecule has 1 amide bonds. The SMILES string of the molecule is COc1ccc(CNc2ncnc3c4c(c(NC(=O)C(F)(F)F)cc23)OCN(C)C4)cc1Cl. The summed E-state index contributed by atoms with van der Waals surface area (Å²) in [6.07, 6.45) is -3.69. The first-order valence-corrected chi connectivity index (χ1v) is 10.1. The van der Waals surface area contributed by atoms with Crippen LogP contribution in [0.25, 0.3) is 10.9 Å². The molecule has 2 aromatic carbocycles. The highest BCUT2D eigenvalue weighted by atomic mass is 35.5. The molecule has 8 nitrogen and oxygen atoms in total. The fourth-order valence-electron chi connectivity index (χ4n) is 3.49. The first-order valence-electron chi connectivity index (χ1n) is 9.73. The minimum atomic E-state index is -5.05. The molecule has 0 radical (unpaired) electrons. The Morgan fingerprint density at radius 3 is 2.79 bits per heavy atom. The number of alkyl halides is 3. The Kier molecular flexibility index (Phi) is 6.17. The Hall–Kier alpha value is -3.31. The number of rotatable bonds is 5. The Balaban J connectivity index is 1.73. The predicted octanol–water partition coefficient (Wildman–Crippen LogP) is 4.19. The van der Waals surface area contributed by atoms with Gasteiger partial charge in [-0.2, -0.15) is 13.2 Å². The summed E-state index contributed by atoms with van der Waals surface area (Å²) in [6.45, 7) is 0.849. The van der Waals surface area contributed by atoms with Gasteiger partial charge in [-0.05, 0) is 30.8 Å². The molecule has 0 unspecified atom stereocenters. The van der Waals surface area contributed by atoms with Crippen LogP contribution < -0.4 is 20.1 Å². The highest BCUT2D eigenvalue weighted by Crippen LogP contribution is 2.40. The number of amides is 1. The van der Waals surface area contributed by atoms with Gasteiger partial charge in [0.25, 0.3) is 0 Å². The van der Waals surface area contributed by atoms with Crippen molar-refractivity contribution in [2.45, 2.75) is 19.3 Å². The van der Waals surface area contributed by atoms with Gasteiger partial charge in [0.1, 0.15) is 24.6 Å². The maximum atomic E-state index is 12.9. The molecule has 12 heteroatoms. The summed E-state index contributed by atoms with van der Waals surface area (Å²) in [6, 6.07) is 6.66. The quantitative estimate of drug-likeness (QED) is 0.565. The molecule has 0 bridgehead atoms. The number of halogens is 4. The van der Waals surface area contributed by atoms with Gasteiger partial charge in [-0.1, -0.05) is 17.7 Å². The average Bonchev–Trinajstić information content (AvgIpc) is 2.77. The van der Waals surface area contributed by atoms with Crippen LogP contribution in [0.1, 0.15) is 11.1 Å². The zero-order chi connectivity index (χ0) is 23.8. The molecule has 33 heavy (non-hydrogen) atoms. The van der Waals surface area contributed by atoms with E-state index in [0.29, 0.717) is 46.1 Å². The van der Waals surface area contributed by atoms with Crippen molar-refractivity contribution >= 4 is 39.9 Å². The monoisotopic (exact) mass is 481 g/mol. The van der Waals surface area contributed by atoms with Crippen molar-refractivity contribution in [2.75, 3.05) is 31.5 Å². The molecule has 1 aromatic heterocycles. The number of carbonyl (C=O) groups is 1. The highest BCUT2D eigenvalue weighted by molar-refractivity contribution is 6.32. The van der Waals surface area contributed by atoms with Crippen LogP contribution in [0, 0.1) is 0 Å². The fourth-order valence-corrected chi connectivity index (χ4v) is 3.77. The number of methoxy groups -OCH3 is 1. The van der Waals surface area contributed by atoms with E-state index in [1.807, 2.05) is 16.3 Å². The van der Waals surface area contributed by atoms with Gasteiger partial charge in [0, 0.05) is 24.0 Å². The summed E-state index contributed by atoms with van der Waals surface area (Å²) in [7, 11) is 3.31. The van der Waals surface area contributed by atoms with Crippen molar-refractivity contribution in [3.63, 3.8) is 0 Å². The summed E-state index contributed by atoms with van der Waals surface area (Å²) in [5.74, 6) is -1.02. The standard InChI is InChI=1S/C21H19ClF3N5O3/c1-30-8-13-17-12(6-15(18(13)33-10-30)29-20(31)21(23,24)25)19(28-9-27-17)26-7-11-3-4-16(32-2)14(22)5-11/h3-6,9H,7-8,10H2,1-2H3,(H,29,31)(H,26,27,28). The molecule has 1 aliphatic rings. The molecule has 2 heterocycles. The second kappa shape index (κ2) is 8.91. The smallest absolute Gasteiger partial charge is 0.471 e. The molecule has 3 aromatic rings. The molecule has 1 aliphatic heterocycles. The number of ether oxygens (including phenoxy) is 2. The zero-order valence-electron chi connectivity index (χ0n) is 17.6. The van der Waals surface area contributed by atoms with Crippen molar-refractivity contribution in [2.24, 2.45) is 0 Å². The van der Waals surface area contributed by atoms with E-state index >= 15 is 0 Å². The summed E-state index contributed by atoms with van der Waals surface area (Å²) in [4.78, 5) is 22.0. The molecule has 4 rings (SSSR count). The number of hydrogen-bond acceptors (Lipinski definition) is 7. The average molecular weight is 482 g/mol. The molecule has 174 valence electrons. The second-order valence-corrected chi connectivity index (χ2v) is 7.82. The molecular formula is C21H19ClF3N5O3. The van der Waals surface area contributed by atoms with Crippen LogP contribution in [0.15, 0.2) is 30.6 Å². The van der Waals surface area contributed by atoms with Gasteiger partial charge in [0.2, 0.25) is 0 Å². The lowest BCUT2D eigenvalue weighted by atomic mass is 10.0. The number of fused-ring (bicyclic) bond motifs is 3. The van der Waals surface area contributed by atoms with E-state index in [9.17, 15) is 18.0 Å². The molecule has 2 N–H and O–H groups in total. The molecule has 0 fully saturated rings. The first kappa shape index (κ1) is 22.9. The largest absolute Gasteiger partial charge is 0.495 e. The molecule has 0 atom stereocenters. The highest BCUT2D eigenvalue weighted by Gasteiger charge is 2.39. The van der Waals surface area contributed by atoms with Gasteiger partial charge in [-0.15, -0.1) is 0 Å². The van der Waals surface area contributed by atoms with Crippen LogP contribution in [-0.4, -0.2) is 47.8 Å². The maximum Gasteiger partial charge on any atom is 0.471 e. The second-order valence-electron chi connectivity index (χ2n) is 7.41. The summed E-state index contributed by atoms with van der Waals surface area (Å²) in [5, 5.41) is 5.95. The third kappa shape index (κ3) is 4.74.